The van der Waals surface area contributed by atoms with Crippen LogP contribution in [0.5, 0.6) is 0 Å². The molecule has 25 heavy (non-hydrogen) atoms. The van der Waals surface area contributed by atoms with Crippen molar-refractivity contribution in [2.45, 2.75) is 38.3 Å². The molecular formula is C22H33N3. The molecule has 1 N–H and O–H groups in total. The molecule has 0 aliphatic carbocycles. The van der Waals surface area contributed by atoms with E-state index in [4.69, 9.17) is 0 Å². The molecule has 1 aliphatic rings. The van der Waals surface area contributed by atoms with Crippen LogP contribution in [0.2, 0.25) is 0 Å². The summed E-state index contributed by atoms with van der Waals surface area (Å²) in [6, 6.07) is 10.8. The predicted octanol–water partition coefficient (Wildman–Crippen LogP) is 4.17. The van der Waals surface area contributed by atoms with Gasteiger partial charge in [0.05, 0.1) is 6.04 Å². The van der Waals surface area contributed by atoms with Crippen molar-refractivity contribution in [2.75, 3.05) is 26.7 Å². The molecule has 0 radical (unpaired) electrons. The van der Waals surface area contributed by atoms with Crippen molar-refractivity contribution < 1.29 is 0 Å². The highest BCUT2D eigenvalue weighted by molar-refractivity contribution is 5.18. The Labute approximate surface area is 153 Å². The number of nitrogens with zero attached hydrogens (tertiary/aromatic N) is 2. The monoisotopic (exact) mass is 339 g/mol. The molecule has 1 heterocycles. The normalized spacial score (nSPS) is 16.9. The summed E-state index contributed by atoms with van der Waals surface area (Å²) in [6.07, 6.45) is 6.57. The summed E-state index contributed by atoms with van der Waals surface area (Å²) in [4.78, 5) is 4.78. The lowest BCUT2D eigenvalue weighted by Gasteiger charge is -2.32. The molecule has 0 aromatic heterocycles. The summed E-state index contributed by atoms with van der Waals surface area (Å²) in [5, 5.41) is 3.52. The van der Waals surface area contributed by atoms with Gasteiger partial charge in [-0.1, -0.05) is 49.6 Å². The number of hydrogen-bond donors (Lipinski definition) is 1. The van der Waals surface area contributed by atoms with E-state index in [1.807, 2.05) is 12.1 Å². The lowest BCUT2D eigenvalue weighted by atomic mass is 10.1. The topological polar surface area (TPSA) is 18.5 Å². The van der Waals surface area contributed by atoms with E-state index in [0.29, 0.717) is 6.04 Å². The Morgan fingerprint density at radius 3 is 2.80 bits per heavy atom. The van der Waals surface area contributed by atoms with Crippen LogP contribution in [0.3, 0.4) is 0 Å². The highest BCUT2D eigenvalue weighted by Crippen LogP contribution is 2.25. The lowest BCUT2D eigenvalue weighted by Crippen LogP contribution is -2.38. The van der Waals surface area contributed by atoms with Gasteiger partial charge in [-0.2, -0.15) is 0 Å². The highest BCUT2D eigenvalue weighted by Gasteiger charge is 2.27. The fraction of sp³-hybridized carbons (Fsp3) is 0.455. The molecule has 3 nitrogen and oxygen atoms in total. The van der Waals surface area contributed by atoms with E-state index in [0.717, 1.165) is 51.1 Å². The minimum atomic E-state index is 0.359. The third-order valence-corrected chi connectivity index (χ3v) is 4.82. The quantitative estimate of drug-likeness (QED) is 0.482. The Kier molecular flexibility index (Phi) is 7.80. The lowest BCUT2D eigenvalue weighted by molar-refractivity contribution is 0.278. The van der Waals surface area contributed by atoms with Gasteiger partial charge in [0, 0.05) is 31.0 Å². The Balaban J connectivity index is 1.82. The molecule has 1 aromatic rings. The first kappa shape index (κ1) is 19.3. The van der Waals surface area contributed by atoms with Crippen LogP contribution in [0.25, 0.3) is 0 Å². The summed E-state index contributed by atoms with van der Waals surface area (Å²) >= 11 is 0. The van der Waals surface area contributed by atoms with Crippen LogP contribution in [0.1, 0.15) is 31.2 Å². The molecule has 1 aromatic carbocycles. The zero-order valence-electron chi connectivity index (χ0n) is 15.7. The number of rotatable bonds is 11. The number of allylic oxidation sites excluding steroid dienone is 1. The Morgan fingerprint density at radius 2 is 2.08 bits per heavy atom. The maximum absolute atomic E-state index is 4.35. The molecule has 1 saturated heterocycles. The van der Waals surface area contributed by atoms with Gasteiger partial charge < -0.3 is 15.1 Å². The third kappa shape index (κ3) is 6.09. The number of likely N-dealkylation sites (tertiary alicyclic amines) is 1. The van der Waals surface area contributed by atoms with Gasteiger partial charge in [-0.05, 0) is 44.8 Å². The van der Waals surface area contributed by atoms with E-state index in [9.17, 15) is 0 Å². The van der Waals surface area contributed by atoms with Crippen LogP contribution in [0.15, 0.2) is 67.5 Å². The van der Waals surface area contributed by atoms with Gasteiger partial charge in [0.1, 0.15) is 0 Å². The van der Waals surface area contributed by atoms with Crippen molar-refractivity contribution in [3.05, 3.63) is 73.1 Å². The van der Waals surface area contributed by atoms with Crippen LogP contribution in [-0.2, 0) is 6.54 Å². The van der Waals surface area contributed by atoms with Crippen molar-refractivity contribution in [1.82, 2.24) is 15.1 Å². The van der Waals surface area contributed by atoms with Gasteiger partial charge in [-0.15, -0.1) is 6.58 Å². The fourth-order valence-corrected chi connectivity index (χ4v) is 3.42. The van der Waals surface area contributed by atoms with E-state index < -0.39 is 0 Å². The molecular weight excluding hydrogens is 306 g/mol. The highest BCUT2D eigenvalue weighted by atomic mass is 15.2. The molecule has 1 fully saturated rings. The third-order valence-electron chi connectivity index (χ3n) is 4.82. The van der Waals surface area contributed by atoms with Crippen LogP contribution < -0.4 is 5.32 Å². The molecule has 1 aliphatic heterocycles. The van der Waals surface area contributed by atoms with Crippen LogP contribution in [0, 0.1) is 0 Å². The second-order valence-electron chi connectivity index (χ2n) is 6.95. The minimum absolute atomic E-state index is 0.359. The maximum Gasteiger partial charge on any atom is 0.0680 e. The van der Waals surface area contributed by atoms with E-state index in [1.165, 1.54) is 17.7 Å². The zero-order chi connectivity index (χ0) is 18.1. The number of likely N-dealkylation sites (N-methyl/N-ethyl adjacent to an activating group) is 1. The number of benzene rings is 1. The standard InChI is InChI=1S/C22H33N3/c1-5-6-10-15-24(4)18-19(2)25-16-11-14-22(25)20(3)23-17-21-12-8-7-9-13-21/h5,7-9,12-13,22-23H,1-3,6,10-11,14-18H2,4H3. The number of hydrogen-bond acceptors (Lipinski definition) is 3. The van der Waals surface area contributed by atoms with Crippen LogP contribution >= 0.6 is 0 Å². The average Bonchev–Trinajstić information content (AvgIpc) is 3.11. The maximum atomic E-state index is 4.35. The van der Waals surface area contributed by atoms with Crippen LogP contribution in [0.4, 0.5) is 0 Å². The van der Waals surface area contributed by atoms with E-state index >= 15 is 0 Å². The first-order valence-corrected chi connectivity index (χ1v) is 9.32. The summed E-state index contributed by atoms with van der Waals surface area (Å²) in [5.41, 5.74) is 3.59. The molecule has 0 amide bonds. The molecule has 1 unspecified atom stereocenters. The van der Waals surface area contributed by atoms with Crippen molar-refractivity contribution in [3.8, 4) is 0 Å². The first-order valence-electron chi connectivity index (χ1n) is 9.32. The van der Waals surface area contributed by atoms with Gasteiger partial charge in [-0.3, -0.25) is 0 Å². The van der Waals surface area contributed by atoms with E-state index in [2.05, 4.69) is 66.2 Å². The van der Waals surface area contributed by atoms with Crippen molar-refractivity contribution >= 4 is 0 Å². The van der Waals surface area contributed by atoms with Crippen molar-refractivity contribution in [3.63, 3.8) is 0 Å². The van der Waals surface area contributed by atoms with E-state index in [-0.39, 0.29) is 0 Å². The summed E-state index contributed by atoms with van der Waals surface area (Å²) in [6.45, 7) is 16.4. The second kappa shape index (κ2) is 10.1. The SMILES string of the molecule is C=CCCCN(C)CC(=C)N1CCCC1C(=C)NCc1ccccc1. The minimum Gasteiger partial charge on any atom is -0.383 e. The zero-order valence-corrected chi connectivity index (χ0v) is 15.7. The molecule has 0 spiro atoms. The Morgan fingerprint density at radius 1 is 1.32 bits per heavy atom. The van der Waals surface area contributed by atoms with Gasteiger partial charge >= 0.3 is 0 Å². The average molecular weight is 340 g/mol. The molecule has 136 valence electrons. The Bertz CT molecular complexity index is 564. The summed E-state index contributed by atoms with van der Waals surface area (Å²) in [7, 11) is 2.17. The van der Waals surface area contributed by atoms with Crippen LogP contribution in [-0.4, -0.2) is 42.5 Å². The second-order valence-corrected chi connectivity index (χ2v) is 6.95. The predicted molar refractivity (Wildman–Crippen MR) is 108 cm³/mol. The van der Waals surface area contributed by atoms with Crippen molar-refractivity contribution in [2.24, 2.45) is 0 Å². The van der Waals surface area contributed by atoms with Gasteiger partial charge in [0.25, 0.3) is 0 Å². The largest absolute Gasteiger partial charge is 0.383 e. The van der Waals surface area contributed by atoms with E-state index in [1.54, 1.807) is 0 Å². The smallest absolute Gasteiger partial charge is 0.0680 e. The first-order chi connectivity index (χ1) is 12.1. The molecule has 0 saturated carbocycles. The molecule has 1 atom stereocenters. The van der Waals surface area contributed by atoms with Gasteiger partial charge in [0.15, 0.2) is 0 Å². The summed E-state index contributed by atoms with van der Waals surface area (Å²) < 4.78 is 0. The molecule has 3 heteroatoms. The number of unbranched alkanes of at least 4 members (excludes halogenated alkanes) is 1. The number of nitrogens with one attached hydrogen (secondary N) is 1. The fourth-order valence-electron chi connectivity index (χ4n) is 3.42. The Hall–Kier alpha value is -2.00. The summed E-state index contributed by atoms with van der Waals surface area (Å²) in [5.74, 6) is 0. The van der Waals surface area contributed by atoms with Gasteiger partial charge in [0.2, 0.25) is 0 Å². The van der Waals surface area contributed by atoms with Crippen molar-refractivity contribution in [1.29, 1.82) is 0 Å². The molecule has 2 rings (SSSR count). The molecule has 0 bridgehead atoms. The van der Waals surface area contributed by atoms with Gasteiger partial charge in [-0.25, -0.2) is 0 Å².